The van der Waals surface area contributed by atoms with Crippen LogP contribution in [0.1, 0.15) is 29.1 Å². The predicted molar refractivity (Wildman–Crippen MR) is 113 cm³/mol. The Hall–Kier alpha value is -3.03. The zero-order chi connectivity index (χ0) is 21.5. The Morgan fingerprint density at radius 3 is 1.88 bits per heavy atom. The maximum atomic E-state index is 12.8. The van der Waals surface area contributed by atoms with E-state index in [0.29, 0.717) is 0 Å². The van der Waals surface area contributed by atoms with Crippen LogP contribution in [0, 0.1) is 0 Å². The topological polar surface area (TPSA) is 63.2 Å². The van der Waals surface area contributed by atoms with Gasteiger partial charge in [-0.25, -0.2) is 4.79 Å². The summed E-state index contributed by atoms with van der Waals surface area (Å²) >= 11 is 0. The molecule has 3 fully saturated rings. The zero-order valence-electron chi connectivity index (χ0n) is 17.2. The lowest BCUT2D eigenvalue weighted by atomic mass is 10.0. The number of esters is 1. The van der Waals surface area contributed by atoms with Crippen LogP contribution in [0.2, 0.25) is 0 Å². The van der Waals surface area contributed by atoms with Crippen molar-refractivity contribution < 1.29 is 28.5 Å². The Morgan fingerprint density at radius 1 is 0.656 bits per heavy atom. The second-order valence-electron chi connectivity index (χ2n) is 8.11. The molecule has 0 bridgehead atoms. The smallest absolute Gasteiger partial charge is 0.338 e. The molecule has 3 aromatic carbocycles. The van der Waals surface area contributed by atoms with E-state index in [2.05, 4.69) is 0 Å². The molecule has 0 saturated carbocycles. The zero-order valence-corrected chi connectivity index (χ0v) is 17.2. The number of ether oxygens (including phenoxy) is 5. The molecule has 0 unspecified atom stereocenters. The number of rotatable bonds is 5. The van der Waals surface area contributed by atoms with Crippen molar-refractivity contribution in [3.63, 3.8) is 0 Å². The minimum absolute atomic E-state index is 0.434. The monoisotopic (exact) mass is 430 g/mol. The molecule has 32 heavy (non-hydrogen) atoms. The fourth-order valence-corrected chi connectivity index (χ4v) is 4.56. The van der Waals surface area contributed by atoms with Gasteiger partial charge < -0.3 is 23.7 Å². The Labute approximate surface area is 185 Å². The average molecular weight is 430 g/mol. The summed E-state index contributed by atoms with van der Waals surface area (Å²) in [5.74, 6) is -0.443. The SMILES string of the molecule is O=C1O[C@@H]2[C@H]3O[C@@H](c4ccccc4)O[C@H]3O[C@@H]2[C@H]1OC(c1ccccc1)c1ccccc1. The van der Waals surface area contributed by atoms with Gasteiger partial charge in [0.1, 0.15) is 12.2 Å². The summed E-state index contributed by atoms with van der Waals surface area (Å²) in [6, 6.07) is 29.3. The van der Waals surface area contributed by atoms with Crippen molar-refractivity contribution in [1.29, 1.82) is 0 Å². The lowest BCUT2D eigenvalue weighted by Gasteiger charge is -2.24. The lowest BCUT2D eigenvalue weighted by molar-refractivity contribution is -0.181. The van der Waals surface area contributed by atoms with Gasteiger partial charge in [0.05, 0.1) is 0 Å². The third-order valence-electron chi connectivity index (χ3n) is 6.09. The number of carbonyl (C=O) groups is 1. The first-order chi connectivity index (χ1) is 15.8. The van der Waals surface area contributed by atoms with Crippen LogP contribution in [0.5, 0.6) is 0 Å². The van der Waals surface area contributed by atoms with Crippen LogP contribution < -0.4 is 0 Å². The second-order valence-corrected chi connectivity index (χ2v) is 8.11. The van der Waals surface area contributed by atoms with E-state index in [1.807, 2.05) is 91.0 Å². The van der Waals surface area contributed by atoms with E-state index >= 15 is 0 Å². The quantitative estimate of drug-likeness (QED) is 0.572. The minimum atomic E-state index is -0.876. The number of hydrogen-bond donors (Lipinski definition) is 0. The summed E-state index contributed by atoms with van der Waals surface area (Å²) in [6.07, 6.45) is -4.12. The van der Waals surface area contributed by atoms with Crippen molar-refractivity contribution in [3.05, 3.63) is 108 Å². The molecule has 3 saturated heterocycles. The molecule has 3 aromatic rings. The van der Waals surface area contributed by atoms with Crippen LogP contribution in [-0.4, -0.2) is 36.7 Å². The number of hydrogen-bond acceptors (Lipinski definition) is 6. The minimum Gasteiger partial charge on any atom is -0.454 e. The van der Waals surface area contributed by atoms with Crippen molar-refractivity contribution in [3.8, 4) is 0 Å². The normalized spacial score (nSPS) is 30.8. The van der Waals surface area contributed by atoms with Crippen molar-refractivity contribution in [2.75, 3.05) is 0 Å². The Bertz CT molecular complexity index is 1030. The summed E-state index contributed by atoms with van der Waals surface area (Å²) in [5, 5.41) is 0. The highest BCUT2D eigenvalue weighted by Crippen LogP contribution is 2.45. The molecule has 0 radical (unpaired) electrons. The van der Waals surface area contributed by atoms with E-state index in [-0.39, 0.29) is 0 Å². The van der Waals surface area contributed by atoms with Crippen molar-refractivity contribution in [2.24, 2.45) is 0 Å². The highest BCUT2D eigenvalue weighted by molar-refractivity contribution is 5.78. The molecule has 3 aliphatic rings. The Kier molecular flexibility index (Phi) is 5.00. The van der Waals surface area contributed by atoms with Gasteiger partial charge in [0.2, 0.25) is 0 Å². The molecule has 6 heteroatoms. The fourth-order valence-electron chi connectivity index (χ4n) is 4.56. The summed E-state index contributed by atoms with van der Waals surface area (Å²) in [4.78, 5) is 12.8. The summed E-state index contributed by atoms with van der Waals surface area (Å²) in [7, 11) is 0. The lowest BCUT2D eigenvalue weighted by Crippen LogP contribution is -2.35. The summed E-state index contributed by atoms with van der Waals surface area (Å²) < 4.78 is 30.2. The largest absolute Gasteiger partial charge is 0.454 e. The molecule has 3 heterocycles. The predicted octanol–water partition coefficient (Wildman–Crippen LogP) is 3.93. The van der Waals surface area contributed by atoms with Gasteiger partial charge >= 0.3 is 5.97 Å². The van der Waals surface area contributed by atoms with E-state index < -0.39 is 49.1 Å². The van der Waals surface area contributed by atoms with Crippen molar-refractivity contribution in [1.82, 2.24) is 0 Å². The third-order valence-corrected chi connectivity index (χ3v) is 6.09. The maximum absolute atomic E-state index is 12.8. The summed E-state index contributed by atoms with van der Waals surface area (Å²) in [6.45, 7) is 0. The first-order valence-corrected chi connectivity index (χ1v) is 10.7. The fraction of sp³-hybridized carbons (Fsp3) is 0.269. The number of carbonyl (C=O) groups excluding carboxylic acids is 1. The Morgan fingerprint density at radius 2 is 1.25 bits per heavy atom. The van der Waals surface area contributed by atoms with E-state index in [1.54, 1.807) is 0 Å². The number of benzene rings is 3. The van der Waals surface area contributed by atoms with Gasteiger partial charge in [0.15, 0.2) is 30.9 Å². The summed E-state index contributed by atoms with van der Waals surface area (Å²) in [5.41, 5.74) is 2.79. The molecule has 0 spiro atoms. The van der Waals surface area contributed by atoms with Gasteiger partial charge in [0, 0.05) is 5.56 Å². The molecule has 162 valence electrons. The van der Waals surface area contributed by atoms with Gasteiger partial charge in [-0.2, -0.15) is 0 Å². The van der Waals surface area contributed by atoms with Gasteiger partial charge in [-0.1, -0.05) is 91.0 Å². The molecular weight excluding hydrogens is 408 g/mol. The molecule has 6 rings (SSSR count). The highest BCUT2D eigenvalue weighted by Gasteiger charge is 2.62. The van der Waals surface area contributed by atoms with Crippen LogP contribution >= 0.6 is 0 Å². The van der Waals surface area contributed by atoms with Crippen LogP contribution in [0.4, 0.5) is 0 Å². The van der Waals surface area contributed by atoms with Crippen molar-refractivity contribution >= 4 is 5.97 Å². The standard InChI is InChI=1S/C26H22O6/c27-24-22(28-19(16-10-4-1-5-11-16)17-12-6-2-7-13-17)20-21(29-24)23-26(30-20)32-25(31-23)18-14-8-3-9-15-18/h1-15,19-23,25-26H/t20-,21-,22+,23+,25+,26+/m0/s1. The van der Waals surface area contributed by atoms with Gasteiger partial charge in [-0.05, 0) is 11.1 Å². The van der Waals surface area contributed by atoms with Crippen LogP contribution in [0.3, 0.4) is 0 Å². The van der Waals surface area contributed by atoms with E-state index in [4.69, 9.17) is 23.7 Å². The van der Waals surface area contributed by atoms with Gasteiger partial charge in [0.25, 0.3) is 0 Å². The third kappa shape index (κ3) is 3.42. The van der Waals surface area contributed by atoms with E-state index in [9.17, 15) is 4.79 Å². The highest BCUT2D eigenvalue weighted by atomic mass is 16.8. The maximum Gasteiger partial charge on any atom is 0.338 e. The van der Waals surface area contributed by atoms with E-state index in [0.717, 1.165) is 16.7 Å². The van der Waals surface area contributed by atoms with Crippen LogP contribution in [-0.2, 0) is 28.5 Å². The molecule has 6 atom stereocenters. The first kappa shape index (κ1) is 19.6. The average Bonchev–Trinajstić information content (AvgIpc) is 3.49. The molecule has 0 aliphatic carbocycles. The van der Waals surface area contributed by atoms with Crippen LogP contribution in [0.25, 0.3) is 0 Å². The first-order valence-electron chi connectivity index (χ1n) is 10.7. The number of fused-ring (bicyclic) bond motifs is 3. The molecule has 0 N–H and O–H groups in total. The molecule has 0 amide bonds. The van der Waals surface area contributed by atoms with Gasteiger partial charge in [-0.3, -0.25) is 0 Å². The molecule has 3 aliphatic heterocycles. The Balaban J connectivity index is 1.23. The molecule has 0 aromatic heterocycles. The van der Waals surface area contributed by atoms with Crippen molar-refractivity contribution in [2.45, 2.75) is 43.1 Å². The van der Waals surface area contributed by atoms with E-state index in [1.165, 1.54) is 0 Å². The van der Waals surface area contributed by atoms with Gasteiger partial charge in [-0.15, -0.1) is 0 Å². The molecule has 6 nitrogen and oxygen atoms in total. The van der Waals surface area contributed by atoms with Crippen LogP contribution in [0.15, 0.2) is 91.0 Å². The second kappa shape index (κ2) is 8.15. The molecular formula is C26H22O6.